The average molecular weight is 1550 g/mol. The van der Waals surface area contributed by atoms with E-state index >= 15 is 0 Å². The summed E-state index contributed by atoms with van der Waals surface area (Å²) in [5.41, 5.74) is 8.11. The van der Waals surface area contributed by atoms with Crippen molar-refractivity contribution < 1.29 is 18.9 Å². The molecule has 1 aliphatic rings. The van der Waals surface area contributed by atoms with Crippen molar-refractivity contribution in [3.8, 4) is 34.1 Å². The highest BCUT2D eigenvalue weighted by atomic mass is 16.5. The minimum absolute atomic E-state index is 0.712. The molecule has 0 saturated heterocycles. The highest BCUT2D eigenvalue weighted by Crippen LogP contribution is 2.67. The zero-order valence-electron chi connectivity index (χ0n) is 73.2. The van der Waals surface area contributed by atoms with Gasteiger partial charge >= 0.3 is 0 Å². The summed E-state index contributed by atoms with van der Waals surface area (Å²) < 4.78 is 27.3. The van der Waals surface area contributed by atoms with Gasteiger partial charge in [-0.2, -0.15) is 0 Å². The smallest absolute Gasteiger partial charge is 0.119 e. The van der Waals surface area contributed by atoms with Gasteiger partial charge in [-0.1, -0.05) is 483 Å². The number of fused-ring (bicyclic) bond motifs is 7. The van der Waals surface area contributed by atoms with Crippen LogP contribution in [0.3, 0.4) is 0 Å². The first kappa shape index (κ1) is 91.4. The first-order valence-electron chi connectivity index (χ1n) is 48.6. The predicted molar refractivity (Wildman–Crippen MR) is 496 cm³/mol. The Morgan fingerprint density at radius 1 is 0.175 bits per heavy atom. The second kappa shape index (κ2) is 56.0. The molecule has 9 rings (SSSR count). The fourth-order valence-corrected chi connectivity index (χ4v) is 19.1. The van der Waals surface area contributed by atoms with Crippen molar-refractivity contribution in [2.45, 2.75) is 398 Å². The van der Waals surface area contributed by atoms with Crippen LogP contribution in [0.15, 0.2) is 170 Å². The molecule has 0 aromatic heterocycles. The number of unbranched alkanes of at least 4 members (excludes halogenated alkanes) is 52. The molecule has 0 aliphatic heterocycles. The molecule has 4 heteroatoms. The van der Waals surface area contributed by atoms with E-state index in [2.05, 4.69) is 198 Å². The topological polar surface area (TPSA) is 36.9 Å². The molecule has 0 radical (unpaired) electrons. The Labute approximate surface area is 698 Å². The highest BCUT2D eigenvalue weighted by molar-refractivity contribution is 6.11. The SMILES string of the molecule is CCCCCCCCCCCCCCCCOc1ccc(C2(c3ccc(OCCCCCCCCCCCCCCCC)cc3)c3ccc4ccccc4c3-c3c(ccc4ccccc34)C2(c2ccc(OCCCCCCCCCCCCCCCC)cc2)c2ccc(OCCCCCCCCCCCCCCCC)cc2)cc1. The standard InChI is InChI=1S/C110H160O4/c1-5-9-13-17-21-25-29-33-37-41-45-49-53-61-89-111-99-79-71-95(72-80-99)109(96-73-81-100(82-74-96)112-90-62-54-50-46-42-38-34-30-26-22-18-14-10-6-2)105-87-69-93-65-57-59-67-103(93)107(105)108-104-68-60-58-66-94(104)70-88-106(108)110(109,97-75-83-101(84-76-97)113-91-63-55-51-47-43-39-35-31-27-23-19-15-11-7-3)98-77-85-102(86-78-98)114-92-64-56-52-48-44-40-36-32-28-24-20-16-12-8-4/h57-60,65-88H,5-56,61-64,89-92H2,1-4H3. The Morgan fingerprint density at radius 3 is 0.544 bits per heavy atom. The molecule has 0 bridgehead atoms. The van der Waals surface area contributed by atoms with Crippen molar-refractivity contribution in [1.29, 1.82) is 0 Å². The van der Waals surface area contributed by atoms with E-state index in [1.807, 2.05) is 0 Å². The summed E-state index contributed by atoms with van der Waals surface area (Å²) in [7, 11) is 0. The molecule has 0 fully saturated rings. The third-order valence-electron chi connectivity index (χ3n) is 25.7. The number of rotatable bonds is 68. The van der Waals surface area contributed by atoms with Crippen LogP contribution < -0.4 is 18.9 Å². The van der Waals surface area contributed by atoms with Crippen LogP contribution in [0, 0.1) is 0 Å². The fraction of sp³-hybridized carbons (Fsp3) is 0.600. The molecule has 624 valence electrons. The van der Waals surface area contributed by atoms with E-state index in [-0.39, 0.29) is 0 Å². The van der Waals surface area contributed by atoms with Crippen LogP contribution in [0.4, 0.5) is 0 Å². The van der Waals surface area contributed by atoms with Crippen molar-refractivity contribution >= 4 is 21.5 Å². The van der Waals surface area contributed by atoms with E-state index in [0.29, 0.717) is 26.4 Å². The van der Waals surface area contributed by atoms with Gasteiger partial charge in [-0.25, -0.2) is 0 Å². The molecule has 0 spiro atoms. The number of ether oxygens (including phenoxy) is 4. The molecule has 8 aromatic carbocycles. The fourth-order valence-electron chi connectivity index (χ4n) is 19.1. The summed E-state index contributed by atoms with van der Waals surface area (Å²) in [5.74, 6) is 3.68. The van der Waals surface area contributed by atoms with E-state index in [1.165, 1.54) is 400 Å². The number of benzene rings is 8. The number of hydrogen-bond acceptors (Lipinski definition) is 4. The summed E-state index contributed by atoms with van der Waals surface area (Å²) in [4.78, 5) is 0. The summed E-state index contributed by atoms with van der Waals surface area (Å²) in [6.07, 6.45) is 75.0. The largest absolute Gasteiger partial charge is 0.494 e. The lowest BCUT2D eigenvalue weighted by atomic mass is 9.43. The van der Waals surface area contributed by atoms with Gasteiger partial charge in [-0.05, 0) is 140 Å². The maximum atomic E-state index is 6.83. The van der Waals surface area contributed by atoms with Gasteiger partial charge in [-0.15, -0.1) is 0 Å². The Morgan fingerprint density at radius 2 is 0.351 bits per heavy atom. The van der Waals surface area contributed by atoms with Gasteiger partial charge in [0, 0.05) is 0 Å². The molecule has 1 aliphatic carbocycles. The van der Waals surface area contributed by atoms with Crippen LogP contribution >= 0.6 is 0 Å². The maximum absolute atomic E-state index is 6.83. The Bertz CT molecular complexity index is 3330. The van der Waals surface area contributed by atoms with Gasteiger partial charge in [-0.3, -0.25) is 0 Å². The lowest BCUT2D eigenvalue weighted by molar-refractivity contribution is 0.302. The van der Waals surface area contributed by atoms with E-state index in [4.69, 9.17) is 18.9 Å². The Kier molecular flexibility index (Phi) is 44.9. The maximum Gasteiger partial charge on any atom is 0.119 e. The van der Waals surface area contributed by atoms with Crippen LogP contribution in [0.5, 0.6) is 23.0 Å². The van der Waals surface area contributed by atoms with Crippen molar-refractivity contribution in [2.75, 3.05) is 26.4 Å². The Balaban J connectivity index is 1.03. The summed E-state index contributed by atoms with van der Waals surface area (Å²) in [6.45, 7) is 12.1. The molecule has 114 heavy (non-hydrogen) atoms. The van der Waals surface area contributed by atoms with Crippen LogP contribution in [0.25, 0.3) is 32.7 Å². The molecule has 0 N–H and O–H groups in total. The zero-order chi connectivity index (χ0) is 79.3. The van der Waals surface area contributed by atoms with Crippen LogP contribution in [0.1, 0.15) is 421 Å². The van der Waals surface area contributed by atoms with Crippen LogP contribution in [-0.2, 0) is 10.8 Å². The molecule has 0 saturated carbocycles. The van der Waals surface area contributed by atoms with Crippen LogP contribution in [0.2, 0.25) is 0 Å². The predicted octanol–water partition coefficient (Wildman–Crippen LogP) is 34.8. The van der Waals surface area contributed by atoms with Crippen molar-refractivity contribution in [1.82, 2.24) is 0 Å². The minimum atomic E-state index is -0.907. The zero-order valence-corrected chi connectivity index (χ0v) is 73.2. The summed E-state index contributed by atoms with van der Waals surface area (Å²) in [6, 6.07) is 65.9. The lowest BCUT2D eigenvalue weighted by Gasteiger charge is -2.57. The molecular weight excluding hydrogens is 1390 g/mol. The molecule has 4 nitrogen and oxygen atoms in total. The summed E-state index contributed by atoms with van der Waals surface area (Å²) >= 11 is 0. The van der Waals surface area contributed by atoms with E-state index in [0.717, 1.165) is 48.7 Å². The highest BCUT2D eigenvalue weighted by Gasteiger charge is 2.62. The molecule has 0 amide bonds. The van der Waals surface area contributed by atoms with E-state index < -0.39 is 10.8 Å². The third kappa shape index (κ3) is 29.2. The van der Waals surface area contributed by atoms with Gasteiger partial charge in [0.05, 0.1) is 37.3 Å². The lowest BCUT2D eigenvalue weighted by Crippen LogP contribution is -2.55. The molecule has 8 aromatic rings. The van der Waals surface area contributed by atoms with Crippen molar-refractivity contribution in [2.24, 2.45) is 0 Å². The van der Waals surface area contributed by atoms with Gasteiger partial charge in [0.2, 0.25) is 0 Å². The quantitative estimate of drug-likeness (QED) is 0.0356. The molecule has 0 heterocycles. The minimum Gasteiger partial charge on any atom is -0.494 e. The van der Waals surface area contributed by atoms with E-state index in [9.17, 15) is 0 Å². The number of hydrogen-bond donors (Lipinski definition) is 0. The summed E-state index contributed by atoms with van der Waals surface area (Å²) in [5, 5.41) is 4.98. The second-order valence-corrected chi connectivity index (χ2v) is 34.8. The van der Waals surface area contributed by atoms with Crippen LogP contribution in [-0.4, -0.2) is 26.4 Å². The Hall–Kier alpha value is -6.52. The van der Waals surface area contributed by atoms with Crippen molar-refractivity contribution in [3.05, 3.63) is 203 Å². The van der Waals surface area contributed by atoms with Gasteiger partial charge in [0.25, 0.3) is 0 Å². The van der Waals surface area contributed by atoms with Gasteiger partial charge < -0.3 is 18.9 Å². The molecular formula is C110H160O4. The average Bonchev–Trinajstić information content (AvgIpc) is 0.655. The normalized spacial score (nSPS) is 12.9. The van der Waals surface area contributed by atoms with E-state index in [1.54, 1.807) is 0 Å². The molecule has 0 atom stereocenters. The first-order valence-corrected chi connectivity index (χ1v) is 48.6. The third-order valence-corrected chi connectivity index (χ3v) is 25.7. The van der Waals surface area contributed by atoms with Gasteiger partial charge in [0.1, 0.15) is 23.0 Å². The van der Waals surface area contributed by atoms with Crippen molar-refractivity contribution in [3.63, 3.8) is 0 Å². The van der Waals surface area contributed by atoms with Gasteiger partial charge in [0.15, 0.2) is 0 Å². The monoisotopic (exact) mass is 1550 g/mol. The second-order valence-electron chi connectivity index (χ2n) is 34.8. The molecule has 0 unspecified atom stereocenters. The first-order chi connectivity index (χ1) is 56.6.